The van der Waals surface area contributed by atoms with Gasteiger partial charge in [-0.2, -0.15) is 5.26 Å². The molecule has 1 atom stereocenters. The maximum Gasteiger partial charge on any atom is 0.349 e. The predicted molar refractivity (Wildman–Crippen MR) is 108 cm³/mol. The fraction of sp³-hybridized carbons (Fsp3) is 0.417. The summed E-state index contributed by atoms with van der Waals surface area (Å²) in [6.45, 7) is 2.58. The van der Waals surface area contributed by atoms with Crippen LogP contribution in [0.3, 0.4) is 0 Å². The van der Waals surface area contributed by atoms with E-state index in [2.05, 4.69) is 25.1 Å². The normalized spacial score (nSPS) is 19.0. The van der Waals surface area contributed by atoms with Crippen LogP contribution in [0.4, 0.5) is 0 Å². The molecular weight excluding hydrogens is 334 g/mol. The maximum absolute atomic E-state index is 12.6. The number of benzene rings is 1. The smallest absolute Gasteiger partial charge is 0.349 e. The highest BCUT2D eigenvalue weighted by Crippen LogP contribution is 2.49. The molecule has 0 saturated carbocycles. The lowest BCUT2D eigenvalue weighted by Gasteiger charge is -2.15. The van der Waals surface area contributed by atoms with Crippen molar-refractivity contribution in [1.29, 1.82) is 5.26 Å². The number of allylic oxidation sites excluding steroid dienone is 5. The molecule has 0 N–H and O–H groups in total. The minimum atomic E-state index is -0.494. The number of unbranched alkanes of at least 4 members (excludes halogenated alkanes) is 5. The van der Waals surface area contributed by atoms with E-state index in [1.807, 2.05) is 30.4 Å². The summed E-state index contributed by atoms with van der Waals surface area (Å²) in [5, 5.41) is 9.72. The van der Waals surface area contributed by atoms with Crippen LogP contribution in [0, 0.1) is 11.3 Å². The van der Waals surface area contributed by atoms with Crippen molar-refractivity contribution in [3.63, 3.8) is 0 Å². The van der Waals surface area contributed by atoms with E-state index in [1.165, 1.54) is 31.2 Å². The van der Waals surface area contributed by atoms with Crippen LogP contribution in [-0.2, 0) is 9.53 Å². The van der Waals surface area contributed by atoms with Gasteiger partial charge in [-0.15, -0.1) is 0 Å². The Kier molecular flexibility index (Phi) is 6.65. The molecule has 2 aliphatic rings. The summed E-state index contributed by atoms with van der Waals surface area (Å²) in [7, 11) is 0. The molecule has 0 aromatic heterocycles. The largest absolute Gasteiger partial charge is 0.462 e. The lowest BCUT2D eigenvalue weighted by atomic mass is 9.89. The van der Waals surface area contributed by atoms with E-state index in [9.17, 15) is 10.1 Å². The Bertz CT molecular complexity index is 823. The van der Waals surface area contributed by atoms with Crippen molar-refractivity contribution in [2.24, 2.45) is 0 Å². The molecule has 0 fully saturated rings. The minimum absolute atomic E-state index is 0.137. The molecule has 0 amide bonds. The standard InChI is InChI=1S/C24H27NO2/c1-2-3-4-5-6-11-16-27-24(26)22(17-25)23-20-14-9-7-12-18(20)19-13-8-10-15-21(19)23/h7-10,12,14-15,19H,2-6,11,13,16H2,1H3/b23-22-. The Balaban J connectivity index is 1.74. The van der Waals surface area contributed by atoms with Crippen LogP contribution in [0.5, 0.6) is 0 Å². The van der Waals surface area contributed by atoms with Crippen molar-refractivity contribution in [3.8, 4) is 6.07 Å². The average Bonchev–Trinajstić information content (AvgIpc) is 3.03. The van der Waals surface area contributed by atoms with Crippen LogP contribution in [0.25, 0.3) is 5.57 Å². The number of hydrogen-bond acceptors (Lipinski definition) is 3. The number of nitrogens with zero attached hydrogens (tertiary/aromatic N) is 1. The van der Waals surface area contributed by atoms with E-state index >= 15 is 0 Å². The molecule has 1 aromatic carbocycles. The molecule has 3 heteroatoms. The Labute approximate surface area is 162 Å². The molecule has 1 aromatic rings. The van der Waals surface area contributed by atoms with Gasteiger partial charge in [0.25, 0.3) is 0 Å². The molecule has 2 aliphatic carbocycles. The molecule has 3 nitrogen and oxygen atoms in total. The SMILES string of the molecule is CCCCCCCCOC(=O)/C(C#N)=C1\C2=CC=CCC2c2ccccc21. The van der Waals surface area contributed by atoms with Crippen LogP contribution in [0.2, 0.25) is 0 Å². The van der Waals surface area contributed by atoms with Crippen LogP contribution < -0.4 is 0 Å². The molecule has 0 saturated heterocycles. The van der Waals surface area contributed by atoms with Gasteiger partial charge in [-0.1, -0.05) is 81.5 Å². The fourth-order valence-corrected chi connectivity index (χ4v) is 3.97. The van der Waals surface area contributed by atoms with Gasteiger partial charge >= 0.3 is 5.97 Å². The molecule has 1 unspecified atom stereocenters. The van der Waals surface area contributed by atoms with Crippen molar-refractivity contribution < 1.29 is 9.53 Å². The van der Waals surface area contributed by atoms with Gasteiger partial charge in [0.15, 0.2) is 0 Å². The van der Waals surface area contributed by atoms with E-state index < -0.39 is 5.97 Å². The molecule has 0 spiro atoms. The molecule has 0 aliphatic heterocycles. The van der Waals surface area contributed by atoms with Gasteiger partial charge in [-0.3, -0.25) is 0 Å². The van der Waals surface area contributed by atoms with Crippen molar-refractivity contribution in [2.75, 3.05) is 6.61 Å². The molecule has 0 radical (unpaired) electrons. The first-order chi connectivity index (χ1) is 13.3. The molecular formula is C24H27NO2. The molecule has 0 heterocycles. The second-order valence-electron chi connectivity index (χ2n) is 7.19. The highest BCUT2D eigenvalue weighted by atomic mass is 16.5. The van der Waals surface area contributed by atoms with Gasteiger partial charge in [0.1, 0.15) is 11.6 Å². The van der Waals surface area contributed by atoms with Crippen LogP contribution in [0.15, 0.2) is 53.6 Å². The third-order valence-corrected chi connectivity index (χ3v) is 5.35. The molecule has 27 heavy (non-hydrogen) atoms. The zero-order valence-electron chi connectivity index (χ0n) is 16.0. The van der Waals surface area contributed by atoms with Gasteiger partial charge in [0, 0.05) is 11.5 Å². The summed E-state index contributed by atoms with van der Waals surface area (Å²) in [5.74, 6) is -0.261. The quantitative estimate of drug-likeness (QED) is 0.252. The third kappa shape index (κ3) is 4.22. The summed E-state index contributed by atoms with van der Waals surface area (Å²) in [6.07, 6.45) is 13.9. The number of fused-ring (bicyclic) bond motifs is 3. The van der Waals surface area contributed by atoms with Crippen molar-refractivity contribution in [2.45, 2.75) is 57.8 Å². The van der Waals surface area contributed by atoms with Gasteiger partial charge in [-0.05, 0) is 29.5 Å². The number of hydrogen-bond donors (Lipinski definition) is 0. The van der Waals surface area contributed by atoms with E-state index in [0.29, 0.717) is 6.61 Å². The number of nitriles is 1. The number of rotatable bonds is 8. The second-order valence-corrected chi connectivity index (χ2v) is 7.19. The number of esters is 1. The van der Waals surface area contributed by atoms with Gasteiger partial charge in [0.2, 0.25) is 0 Å². The average molecular weight is 361 g/mol. The Morgan fingerprint density at radius 3 is 2.78 bits per heavy atom. The topological polar surface area (TPSA) is 50.1 Å². The summed E-state index contributed by atoms with van der Waals surface area (Å²) in [4.78, 5) is 12.6. The highest BCUT2D eigenvalue weighted by Gasteiger charge is 2.35. The first-order valence-electron chi connectivity index (χ1n) is 10.1. The van der Waals surface area contributed by atoms with Crippen molar-refractivity contribution >= 4 is 11.5 Å². The van der Waals surface area contributed by atoms with Crippen molar-refractivity contribution in [1.82, 2.24) is 0 Å². The molecule has 0 bridgehead atoms. The Morgan fingerprint density at radius 1 is 1.19 bits per heavy atom. The summed E-state index contributed by atoms with van der Waals surface area (Å²) >= 11 is 0. The van der Waals surface area contributed by atoms with E-state index in [0.717, 1.165) is 36.0 Å². The number of ether oxygens (including phenoxy) is 1. The predicted octanol–water partition coefficient (Wildman–Crippen LogP) is 5.85. The van der Waals surface area contributed by atoms with Crippen molar-refractivity contribution in [3.05, 3.63) is 64.8 Å². The molecule has 140 valence electrons. The fourth-order valence-electron chi connectivity index (χ4n) is 3.97. The van der Waals surface area contributed by atoms with Gasteiger partial charge < -0.3 is 4.74 Å². The minimum Gasteiger partial charge on any atom is -0.462 e. The second kappa shape index (κ2) is 9.37. The van der Waals surface area contributed by atoms with E-state index in [4.69, 9.17) is 4.74 Å². The monoisotopic (exact) mass is 361 g/mol. The number of carbonyl (C=O) groups is 1. The summed E-state index contributed by atoms with van der Waals surface area (Å²) < 4.78 is 5.44. The van der Waals surface area contributed by atoms with E-state index in [-0.39, 0.29) is 11.5 Å². The third-order valence-electron chi connectivity index (χ3n) is 5.35. The molecule has 3 rings (SSSR count). The van der Waals surface area contributed by atoms with Gasteiger partial charge in [-0.25, -0.2) is 4.79 Å². The Morgan fingerprint density at radius 2 is 1.96 bits per heavy atom. The first-order valence-corrected chi connectivity index (χ1v) is 10.1. The summed E-state index contributed by atoms with van der Waals surface area (Å²) in [5.41, 5.74) is 4.14. The van der Waals surface area contributed by atoms with Gasteiger partial charge in [0.05, 0.1) is 6.61 Å². The maximum atomic E-state index is 12.6. The lowest BCUT2D eigenvalue weighted by Crippen LogP contribution is -2.10. The zero-order chi connectivity index (χ0) is 19.1. The van der Waals surface area contributed by atoms with Crippen LogP contribution in [0.1, 0.15) is 68.9 Å². The number of carbonyl (C=O) groups excluding carboxylic acids is 1. The van der Waals surface area contributed by atoms with E-state index in [1.54, 1.807) is 0 Å². The zero-order valence-corrected chi connectivity index (χ0v) is 16.0. The van der Waals surface area contributed by atoms with Crippen LogP contribution in [-0.4, -0.2) is 12.6 Å². The summed E-state index contributed by atoms with van der Waals surface area (Å²) in [6, 6.07) is 10.2. The Hall–Kier alpha value is -2.60. The first kappa shape index (κ1) is 19.2. The lowest BCUT2D eigenvalue weighted by molar-refractivity contribution is -0.138. The highest BCUT2D eigenvalue weighted by molar-refractivity contribution is 6.07. The van der Waals surface area contributed by atoms with Crippen LogP contribution >= 0.6 is 0 Å².